The summed E-state index contributed by atoms with van der Waals surface area (Å²) in [4.78, 5) is 25.8. The van der Waals surface area contributed by atoms with E-state index in [2.05, 4.69) is 20.3 Å². The Kier molecular flexibility index (Phi) is 5.35. The summed E-state index contributed by atoms with van der Waals surface area (Å²) in [6.45, 7) is 3.30. The fourth-order valence-electron chi connectivity index (χ4n) is 3.58. The van der Waals surface area contributed by atoms with Crippen molar-refractivity contribution < 1.29 is 8.78 Å². The molecule has 0 fully saturated rings. The SMILES string of the molecule is Cc1ccc(F)c2nc([C@H](C)Nc3cc(N)nc(N)n3)n(-c3cc(F)cc(C#N)c3)c(=O)c12. The Bertz CT molecular complexity index is 1490. The average molecular weight is 448 g/mol. The Morgan fingerprint density at radius 1 is 1.12 bits per heavy atom. The van der Waals surface area contributed by atoms with Gasteiger partial charge >= 0.3 is 0 Å². The van der Waals surface area contributed by atoms with Gasteiger partial charge in [0.1, 0.15) is 34.6 Å². The van der Waals surface area contributed by atoms with Crippen molar-refractivity contribution in [2.24, 2.45) is 0 Å². The molecule has 166 valence electrons. The maximum atomic E-state index is 14.7. The summed E-state index contributed by atoms with van der Waals surface area (Å²) in [6.07, 6.45) is 0. The molecule has 0 amide bonds. The molecular weight excluding hydrogens is 430 g/mol. The lowest BCUT2D eigenvalue weighted by atomic mass is 10.1. The van der Waals surface area contributed by atoms with Gasteiger partial charge in [0.15, 0.2) is 0 Å². The Morgan fingerprint density at radius 3 is 2.58 bits per heavy atom. The molecule has 2 aromatic carbocycles. The van der Waals surface area contributed by atoms with Crippen LogP contribution in [0.15, 0.2) is 41.2 Å². The molecule has 33 heavy (non-hydrogen) atoms. The minimum absolute atomic E-state index is 0.0101. The van der Waals surface area contributed by atoms with Crippen LogP contribution in [0.2, 0.25) is 0 Å². The van der Waals surface area contributed by atoms with Gasteiger partial charge in [-0.05, 0) is 43.7 Å². The van der Waals surface area contributed by atoms with Crippen LogP contribution in [-0.2, 0) is 0 Å². The van der Waals surface area contributed by atoms with Crippen LogP contribution < -0.4 is 22.3 Å². The number of nitrogens with zero attached hydrogens (tertiary/aromatic N) is 5. The van der Waals surface area contributed by atoms with Crippen molar-refractivity contribution >= 4 is 28.5 Å². The van der Waals surface area contributed by atoms with Gasteiger partial charge in [-0.1, -0.05) is 6.07 Å². The van der Waals surface area contributed by atoms with E-state index in [-0.39, 0.29) is 45.6 Å². The number of nitrogens with two attached hydrogens (primary N) is 2. The number of nitrogens with one attached hydrogen (secondary N) is 1. The number of hydrogen-bond donors (Lipinski definition) is 3. The molecule has 0 unspecified atom stereocenters. The van der Waals surface area contributed by atoms with E-state index in [4.69, 9.17) is 11.5 Å². The molecule has 0 bridgehead atoms. The van der Waals surface area contributed by atoms with Crippen LogP contribution in [0.25, 0.3) is 16.6 Å². The van der Waals surface area contributed by atoms with Crippen LogP contribution in [-0.4, -0.2) is 19.5 Å². The van der Waals surface area contributed by atoms with Crippen molar-refractivity contribution in [1.29, 1.82) is 5.26 Å². The quantitative estimate of drug-likeness (QED) is 0.431. The number of nitriles is 1. The van der Waals surface area contributed by atoms with Gasteiger partial charge < -0.3 is 16.8 Å². The molecule has 0 aliphatic carbocycles. The number of anilines is 3. The Hall–Kier alpha value is -4.59. The molecule has 0 aliphatic heterocycles. The molecule has 11 heteroatoms. The lowest BCUT2D eigenvalue weighted by Crippen LogP contribution is -2.28. The molecule has 4 rings (SSSR count). The van der Waals surface area contributed by atoms with E-state index in [0.29, 0.717) is 5.56 Å². The monoisotopic (exact) mass is 448 g/mol. The molecule has 0 saturated carbocycles. The Balaban J connectivity index is 2.01. The van der Waals surface area contributed by atoms with Gasteiger partial charge in [0.25, 0.3) is 5.56 Å². The fraction of sp³-hybridized carbons (Fsp3) is 0.136. The van der Waals surface area contributed by atoms with Gasteiger partial charge in [0.05, 0.1) is 28.7 Å². The van der Waals surface area contributed by atoms with Crippen LogP contribution in [0.1, 0.15) is 29.9 Å². The number of halogens is 2. The summed E-state index contributed by atoms with van der Waals surface area (Å²) in [5.41, 5.74) is 11.2. The fourth-order valence-corrected chi connectivity index (χ4v) is 3.58. The highest BCUT2D eigenvalue weighted by molar-refractivity contribution is 5.82. The van der Waals surface area contributed by atoms with Gasteiger partial charge in [-0.2, -0.15) is 15.2 Å². The van der Waals surface area contributed by atoms with Gasteiger partial charge in [-0.25, -0.2) is 13.8 Å². The van der Waals surface area contributed by atoms with Crippen LogP contribution in [0.5, 0.6) is 0 Å². The van der Waals surface area contributed by atoms with Crippen LogP contribution in [0.4, 0.5) is 26.4 Å². The predicted octanol–water partition coefficient (Wildman–Crippen LogP) is 2.97. The summed E-state index contributed by atoms with van der Waals surface area (Å²) in [5.74, 6) is -1.04. The molecule has 0 aliphatic rings. The minimum Gasteiger partial charge on any atom is -0.383 e. The molecule has 2 heterocycles. The predicted molar refractivity (Wildman–Crippen MR) is 120 cm³/mol. The smallest absolute Gasteiger partial charge is 0.266 e. The summed E-state index contributed by atoms with van der Waals surface area (Å²) in [7, 11) is 0. The number of aryl methyl sites for hydroxylation is 1. The lowest BCUT2D eigenvalue weighted by Gasteiger charge is -2.21. The molecule has 2 aromatic heterocycles. The third-order valence-electron chi connectivity index (χ3n) is 4.99. The van der Waals surface area contributed by atoms with E-state index < -0.39 is 23.2 Å². The topological polar surface area (TPSA) is 149 Å². The maximum absolute atomic E-state index is 14.7. The third-order valence-corrected chi connectivity index (χ3v) is 4.99. The van der Waals surface area contributed by atoms with Crippen molar-refractivity contribution in [3.05, 3.63) is 75.3 Å². The standard InChI is InChI=1S/C22H18F2N8O/c1-10-3-4-15(24)19-18(10)21(33)32(14-6-12(9-25)5-13(23)7-14)20(31-19)11(2)28-17-8-16(26)29-22(27)30-17/h3-8,11H,1-2H3,(H5,26,27,28,29,30)/t11-/m0/s1. The van der Waals surface area contributed by atoms with E-state index >= 15 is 0 Å². The summed E-state index contributed by atoms with van der Waals surface area (Å²) < 4.78 is 30.0. The van der Waals surface area contributed by atoms with Crippen molar-refractivity contribution in [1.82, 2.24) is 19.5 Å². The lowest BCUT2D eigenvalue weighted by molar-refractivity contribution is 0.622. The van der Waals surface area contributed by atoms with E-state index in [0.717, 1.165) is 16.7 Å². The first-order chi connectivity index (χ1) is 15.7. The summed E-state index contributed by atoms with van der Waals surface area (Å²) in [6, 6.07) is 8.72. The number of fused-ring (bicyclic) bond motifs is 1. The maximum Gasteiger partial charge on any atom is 0.266 e. The second-order valence-corrected chi connectivity index (χ2v) is 7.41. The molecular formula is C22H18F2N8O. The first kappa shape index (κ1) is 21.6. The second-order valence-electron chi connectivity index (χ2n) is 7.41. The van der Waals surface area contributed by atoms with Crippen molar-refractivity contribution in [2.45, 2.75) is 19.9 Å². The zero-order valence-electron chi connectivity index (χ0n) is 17.6. The molecule has 1 atom stereocenters. The zero-order valence-corrected chi connectivity index (χ0v) is 17.6. The average Bonchev–Trinajstić information content (AvgIpc) is 2.74. The van der Waals surface area contributed by atoms with E-state index in [1.165, 1.54) is 24.3 Å². The van der Waals surface area contributed by atoms with Crippen molar-refractivity contribution in [3.63, 3.8) is 0 Å². The molecule has 5 N–H and O–H groups in total. The van der Waals surface area contributed by atoms with E-state index in [1.807, 2.05) is 6.07 Å². The highest BCUT2D eigenvalue weighted by Gasteiger charge is 2.22. The Labute approximate surface area is 186 Å². The number of benzene rings is 2. The van der Waals surface area contributed by atoms with Gasteiger partial charge in [-0.3, -0.25) is 9.36 Å². The molecule has 0 spiro atoms. The largest absolute Gasteiger partial charge is 0.383 e. The highest BCUT2D eigenvalue weighted by atomic mass is 19.1. The first-order valence-electron chi connectivity index (χ1n) is 9.77. The summed E-state index contributed by atoms with van der Waals surface area (Å²) in [5, 5.41) is 12.3. The molecule has 9 nitrogen and oxygen atoms in total. The first-order valence-corrected chi connectivity index (χ1v) is 9.77. The normalized spacial score (nSPS) is 11.8. The highest BCUT2D eigenvalue weighted by Crippen LogP contribution is 2.25. The van der Waals surface area contributed by atoms with Gasteiger partial charge in [0.2, 0.25) is 5.95 Å². The van der Waals surface area contributed by atoms with Crippen LogP contribution in [0, 0.1) is 29.9 Å². The number of nitrogen functional groups attached to an aromatic ring is 2. The van der Waals surface area contributed by atoms with E-state index in [1.54, 1.807) is 13.8 Å². The van der Waals surface area contributed by atoms with Gasteiger partial charge in [-0.15, -0.1) is 0 Å². The molecule has 0 radical (unpaired) electrons. The molecule has 4 aromatic rings. The van der Waals surface area contributed by atoms with Crippen molar-refractivity contribution in [2.75, 3.05) is 16.8 Å². The number of rotatable bonds is 4. The minimum atomic E-state index is -0.746. The van der Waals surface area contributed by atoms with Gasteiger partial charge in [0, 0.05) is 6.07 Å². The van der Waals surface area contributed by atoms with Crippen LogP contribution in [0.3, 0.4) is 0 Å². The number of aromatic nitrogens is 4. The van der Waals surface area contributed by atoms with Crippen LogP contribution >= 0.6 is 0 Å². The molecule has 0 saturated heterocycles. The zero-order chi connectivity index (χ0) is 23.9. The second kappa shape index (κ2) is 8.16. The van der Waals surface area contributed by atoms with E-state index in [9.17, 15) is 18.8 Å². The summed E-state index contributed by atoms with van der Waals surface area (Å²) >= 11 is 0. The third kappa shape index (κ3) is 4.01. The van der Waals surface area contributed by atoms with Crippen molar-refractivity contribution in [3.8, 4) is 11.8 Å². The number of hydrogen-bond acceptors (Lipinski definition) is 8. The Morgan fingerprint density at radius 2 is 1.88 bits per heavy atom.